The van der Waals surface area contributed by atoms with Gasteiger partial charge < -0.3 is 15.4 Å². The van der Waals surface area contributed by atoms with E-state index < -0.39 is 0 Å². The topological polar surface area (TPSA) is 74.3 Å². The first-order valence-corrected chi connectivity index (χ1v) is 7.60. The van der Waals surface area contributed by atoms with Crippen molar-refractivity contribution in [3.8, 4) is 5.75 Å². The lowest BCUT2D eigenvalue weighted by atomic mass is 10.1. The first-order chi connectivity index (χ1) is 10.8. The normalized spacial score (nSPS) is 17.0. The minimum atomic E-state index is 0.147. The molecule has 2 aromatic rings. The van der Waals surface area contributed by atoms with Gasteiger partial charge in [0.25, 0.3) is 0 Å². The van der Waals surface area contributed by atoms with E-state index in [1.165, 1.54) is 5.56 Å². The molecule has 2 heterocycles. The highest BCUT2D eigenvalue weighted by atomic mass is 16.5. The largest absolute Gasteiger partial charge is 0.488 e. The Morgan fingerprint density at radius 3 is 3.05 bits per heavy atom. The van der Waals surface area contributed by atoms with Crippen LogP contribution in [0.5, 0.6) is 5.75 Å². The van der Waals surface area contributed by atoms with E-state index in [0.29, 0.717) is 6.54 Å². The number of aromatic nitrogens is 2. The maximum Gasteiger partial charge on any atom is 0.191 e. The van der Waals surface area contributed by atoms with E-state index >= 15 is 0 Å². The third-order valence-electron chi connectivity index (χ3n) is 3.52. The van der Waals surface area contributed by atoms with Crippen molar-refractivity contribution in [1.29, 1.82) is 0 Å². The van der Waals surface area contributed by atoms with Gasteiger partial charge in [0.1, 0.15) is 11.9 Å². The lowest BCUT2D eigenvalue weighted by Gasteiger charge is -2.15. The van der Waals surface area contributed by atoms with Crippen LogP contribution in [0.15, 0.2) is 41.5 Å². The van der Waals surface area contributed by atoms with E-state index in [-0.39, 0.29) is 6.10 Å². The Labute approximate surface area is 130 Å². The van der Waals surface area contributed by atoms with E-state index in [1.54, 1.807) is 6.20 Å². The molecule has 0 saturated heterocycles. The zero-order valence-corrected chi connectivity index (χ0v) is 12.7. The number of ether oxygens (including phenoxy) is 1. The van der Waals surface area contributed by atoms with Gasteiger partial charge in [0.2, 0.25) is 0 Å². The van der Waals surface area contributed by atoms with Gasteiger partial charge in [-0.2, -0.15) is 5.10 Å². The molecular weight excluding hydrogens is 278 g/mol. The van der Waals surface area contributed by atoms with Crippen LogP contribution in [0.1, 0.15) is 18.2 Å². The third-order valence-corrected chi connectivity index (χ3v) is 3.52. The van der Waals surface area contributed by atoms with Gasteiger partial charge in [0, 0.05) is 19.2 Å². The smallest absolute Gasteiger partial charge is 0.191 e. The molecule has 0 amide bonds. The number of rotatable bonds is 5. The molecule has 0 spiro atoms. The number of aliphatic imine (C=N–C) groups is 1. The molecular formula is C16H21N5O. The monoisotopic (exact) mass is 299 g/mol. The second kappa shape index (κ2) is 6.98. The summed E-state index contributed by atoms with van der Waals surface area (Å²) in [4.78, 5) is 4.53. The fraction of sp³-hybridized carbons (Fsp3) is 0.375. The number of fused-ring (bicyclic) bond motifs is 1. The number of nitrogens with one attached hydrogen (secondary N) is 3. The summed E-state index contributed by atoms with van der Waals surface area (Å²) in [5.41, 5.74) is 2.26. The number of H-pyrrole nitrogens is 1. The van der Waals surface area contributed by atoms with Gasteiger partial charge in [-0.15, -0.1) is 0 Å². The standard InChI is InChI=1S/C16H21N5O/c1-2-17-16(18-10-13-7-8-20-21-13)19-11-14-9-12-5-3-4-6-15(12)22-14/h3-8,14H,2,9-11H2,1H3,(H,20,21)(H2,17,18,19). The molecule has 3 rings (SSSR count). The molecule has 1 aliphatic heterocycles. The zero-order chi connectivity index (χ0) is 15.2. The third kappa shape index (κ3) is 3.58. The Bertz CT molecular complexity index is 598. The molecule has 1 aromatic heterocycles. The van der Waals surface area contributed by atoms with Crippen molar-refractivity contribution in [2.45, 2.75) is 26.0 Å². The number of benzene rings is 1. The van der Waals surface area contributed by atoms with E-state index in [0.717, 1.165) is 36.9 Å². The minimum Gasteiger partial charge on any atom is -0.488 e. The lowest BCUT2D eigenvalue weighted by Crippen LogP contribution is -2.42. The van der Waals surface area contributed by atoms with E-state index in [2.05, 4.69) is 38.8 Å². The fourth-order valence-electron chi connectivity index (χ4n) is 2.46. The first-order valence-electron chi connectivity index (χ1n) is 7.60. The Hall–Kier alpha value is -2.50. The van der Waals surface area contributed by atoms with Crippen molar-refractivity contribution in [3.05, 3.63) is 47.8 Å². The van der Waals surface area contributed by atoms with Crippen LogP contribution >= 0.6 is 0 Å². The van der Waals surface area contributed by atoms with Gasteiger partial charge in [-0.25, -0.2) is 4.99 Å². The van der Waals surface area contributed by atoms with E-state index in [1.807, 2.05) is 24.3 Å². The molecule has 0 fully saturated rings. The number of aromatic amines is 1. The first kappa shape index (κ1) is 14.4. The molecule has 0 radical (unpaired) electrons. The van der Waals surface area contributed by atoms with Crippen LogP contribution in [0.25, 0.3) is 0 Å². The summed E-state index contributed by atoms with van der Waals surface area (Å²) in [7, 11) is 0. The molecule has 1 atom stereocenters. The Balaban J connectivity index is 1.53. The number of guanidine groups is 1. The van der Waals surface area contributed by atoms with E-state index in [9.17, 15) is 0 Å². The predicted molar refractivity (Wildman–Crippen MR) is 86.0 cm³/mol. The molecule has 1 unspecified atom stereocenters. The fourth-order valence-corrected chi connectivity index (χ4v) is 2.46. The molecule has 0 bridgehead atoms. The van der Waals surface area contributed by atoms with Crippen LogP contribution in [0.2, 0.25) is 0 Å². The van der Waals surface area contributed by atoms with E-state index in [4.69, 9.17) is 4.74 Å². The predicted octanol–water partition coefficient (Wildman–Crippen LogP) is 1.47. The molecule has 1 aromatic carbocycles. The quantitative estimate of drug-likeness (QED) is 0.577. The summed E-state index contributed by atoms with van der Waals surface area (Å²) in [6.45, 7) is 4.17. The summed E-state index contributed by atoms with van der Waals surface area (Å²) in [5, 5.41) is 13.4. The molecule has 6 heteroatoms. The molecule has 6 nitrogen and oxygen atoms in total. The average molecular weight is 299 g/mol. The maximum atomic E-state index is 5.92. The van der Waals surface area contributed by atoms with Crippen molar-refractivity contribution in [1.82, 2.24) is 20.8 Å². The molecule has 1 aliphatic rings. The number of hydrogen-bond acceptors (Lipinski definition) is 3. The maximum absolute atomic E-state index is 5.92. The van der Waals surface area contributed by atoms with Crippen molar-refractivity contribution in [2.24, 2.45) is 4.99 Å². The van der Waals surface area contributed by atoms with Crippen LogP contribution in [0.4, 0.5) is 0 Å². The van der Waals surface area contributed by atoms with Crippen molar-refractivity contribution in [3.63, 3.8) is 0 Å². The van der Waals surface area contributed by atoms with Crippen molar-refractivity contribution < 1.29 is 4.74 Å². The summed E-state index contributed by atoms with van der Waals surface area (Å²) in [5.74, 6) is 1.78. The summed E-state index contributed by atoms with van der Waals surface area (Å²) in [6, 6.07) is 10.1. The van der Waals surface area contributed by atoms with Gasteiger partial charge in [0.15, 0.2) is 5.96 Å². The Kier molecular flexibility index (Phi) is 4.58. The van der Waals surface area contributed by atoms with Gasteiger partial charge >= 0.3 is 0 Å². The number of nitrogens with zero attached hydrogens (tertiary/aromatic N) is 2. The molecule has 3 N–H and O–H groups in total. The van der Waals surface area contributed by atoms with Crippen molar-refractivity contribution in [2.75, 3.05) is 13.1 Å². The minimum absolute atomic E-state index is 0.147. The van der Waals surface area contributed by atoms with Gasteiger partial charge in [-0.05, 0) is 24.6 Å². The second-order valence-corrected chi connectivity index (χ2v) is 5.21. The highest BCUT2D eigenvalue weighted by Crippen LogP contribution is 2.27. The number of hydrogen-bond donors (Lipinski definition) is 3. The Morgan fingerprint density at radius 1 is 1.36 bits per heavy atom. The van der Waals surface area contributed by atoms with Gasteiger partial charge in [0.05, 0.1) is 18.8 Å². The van der Waals surface area contributed by atoms with Crippen LogP contribution in [0.3, 0.4) is 0 Å². The highest BCUT2D eigenvalue weighted by Gasteiger charge is 2.22. The van der Waals surface area contributed by atoms with Gasteiger partial charge in [-0.1, -0.05) is 18.2 Å². The SMILES string of the molecule is CCNC(=NCc1ccn[nH]1)NCC1Cc2ccccc2O1. The number of para-hydroxylation sites is 1. The summed E-state index contributed by atoms with van der Waals surface area (Å²) < 4.78 is 5.92. The molecule has 22 heavy (non-hydrogen) atoms. The lowest BCUT2D eigenvalue weighted by molar-refractivity contribution is 0.235. The van der Waals surface area contributed by atoms with Crippen molar-refractivity contribution >= 4 is 5.96 Å². The van der Waals surface area contributed by atoms with Crippen LogP contribution < -0.4 is 15.4 Å². The summed E-state index contributed by atoms with van der Waals surface area (Å²) in [6.07, 6.45) is 2.81. The van der Waals surface area contributed by atoms with Crippen LogP contribution in [0, 0.1) is 0 Å². The summed E-state index contributed by atoms with van der Waals surface area (Å²) >= 11 is 0. The molecule has 116 valence electrons. The Morgan fingerprint density at radius 2 is 2.27 bits per heavy atom. The molecule has 0 aliphatic carbocycles. The average Bonchev–Trinajstić information content (AvgIpc) is 3.18. The zero-order valence-electron chi connectivity index (χ0n) is 12.7. The van der Waals surface area contributed by atoms with Gasteiger partial charge in [-0.3, -0.25) is 5.10 Å². The molecule has 0 saturated carbocycles. The highest BCUT2D eigenvalue weighted by molar-refractivity contribution is 5.79. The van der Waals surface area contributed by atoms with Crippen LogP contribution in [-0.4, -0.2) is 35.4 Å². The van der Waals surface area contributed by atoms with Crippen LogP contribution in [-0.2, 0) is 13.0 Å². The second-order valence-electron chi connectivity index (χ2n) is 5.21.